The van der Waals surface area contributed by atoms with Gasteiger partial charge in [0.15, 0.2) is 8.46 Å². The Hall–Kier alpha value is -0.0100. The van der Waals surface area contributed by atoms with E-state index in [4.69, 9.17) is 9.05 Å². The molecule has 0 radical (unpaired) electrons. The molecule has 0 aliphatic carbocycles. The highest BCUT2D eigenvalue weighted by Gasteiger charge is 2.20. The third kappa shape index (κ3) is 6.44. The summed E-state index contributed by atoms with van der Waals surface area (Å²) in [5.41, 5.74) is 0. The van der Waals surface area contributed by atoms with Gasteiger partial charge in [-0.25, -0.2) is 0 Å². The van der Waals surface area contributed by atoms with Crippen molar-refractivity contribution in [1.82, 2.24) is 0 Å². The van der Waals surface area contributed by atoms with Crippen LogP contribution in [0.25, 0.3) is 0 Å². The van der Waals surface area contributed by atoms with E-state index < -0.39 is 7.60 Å². The largest absolute Gasteiger partial charge is 0.334 e. The molecular weight excluding hydrogens is 222 g/mol. The van der Waals surface area contributed by atoms with Crippen LogP contribution in [0.4, 0.5) is 0 Å². The van der Waals surface area contributed by atoms with Crippen molar-refractivity contribution in [2.75, 3.05) is 25.5 Å². The first kappa shape index (κ1) is 14.0. The Balaban J connectivity index is 4.07. The van der Waals surface area contributed by atoms with Gasteiger partial charge < -0.3 is 9.05 Å². The zero-order valence-corrected chi connectivity index (χ0v) is 10.3. The highest BCUT2D eigenvalue weighted by atomic mass is 31.2. The van der Waals surface area contributed by atoms with Gasteiger partial charge in [-0.3, -0.25) is 9.13 Å². The van der Waals surface area contributed by atoms with Crippen LogP contribution in [0.1, 0.15) is 13.8 Å². The first-order valence-corrected chi connectivity index (χ1v) is 7.23. The molecule has 0 spiro atoms. The fourth-order valence-electron chi connectivity index (χ4n) is 0.857. The van der Waals surface area contributed by atoms with Gasteiger partial charge in [0.25, 0.3) is 0 Å². The molecule has 6 heteroatoms. The van der Waals surface area contributed by atoms with Crippen LogP contribution in [0.2, 0.25) is 0 Å². The SMILES string of the molecule is CCOP(=O)(C/C=C\CP=O)OCC. The Morgan fingerprint density at radius 3 is 2.21 bits per heavy atom. The molecule has 0 saturated carbocycles. The van der Waals surface area contributed by atoms with E-state index >= 15 is 0 Å². The van der Waals surface area contributed by atoms with E-state index in [-0.39, 0.29) is 14.6 Å². The lowest BCUT2D eigenvalue weighted by Gasteiger charge is -2.14. The number of rotatable bonds is 8. The molecular formula is C8H16O4P2. The predicted molar refractivity (Wildman–Crippen MR) is 57.3 cm³/mol. The summed E-state index contributed by atoms with van der Waals surface area (Å²) in [6, 6.07) is 0. The Bertz CT molecular complexity index is 217. The van der Waals surface area contributed by atoms with E-state index in [1.54, 1.807) is 26.0 Å². The molecule has 0 aromatic rings. The normalized spacial score (nSPS) is 12.7. The maximum absolute atomic E-state index is 11.8. The molecule has 0 heterocycles. The highest BCUT2D eigenvalue weighted by Crippen LogP contribution is 2.47. The van der Waals surface area contributed by atoms with Gasteiger partial charge in [0.2, 0.25) is 0 Å². The van der Waals surface area contributed by atoms with Gasteiger partial charge in [0.05, 0.1) is 19.4 Å². The monoisotopic (exact) mass is 238 g/mol. The molecule has 0 aromatic carbocycles. The zero-order valence-electron chi connectivity index (χ0n) is 8.51. The van der Waals surface area contributed by atoms with Crippen molar-refractivity contribution in [1.29, 1.82) is 0 Å². The van der Waals surface area contributed by atoms with Crippen LogP contribution in [0.3, 0.4) is 0 Å². The Morgan fingerprint density at radius 1 is 1.21 bits per heavy atom. The van der Waals surface area contributed by atoms with Crippen molar-refractivity contribution in [3.63, 3.8) is 0 Å². The Morgan fingerprint density at radius 2 is 1.79 bits per heavy atom. The number of allylic oxidation sites excluding steroid dienone is 2. The minimum absolute atomic E-state index is 0.0578. The summed E-state index contributed by atoms with van der Waals surface area (Å²) in [6.45, 7) is 4.27. The maximum Gasteiger partial charge on any atom is 0.334 e. The van der Waals surface area contributed by atoms with Gasteiger partial charge in [0.1, 0.15) is 0 Å². The zero-order chi connectivity index (χ0) is 10.9. The summed E-state index contributed by atoms with van der Waals surface area (Å²) in [4.78, 5) is 0. The summed E-state index contributed by atoms with van der Waals surface area (Å²) in [5, 5.41) is 0. The minimum atomic E-state index is -2.95. The summed E-state index contributed by atoms with van der Waals surface area (Å²) < 4.78 is 32.0. The second-order valence-corrected chi connectivity index (χ2v) is 5.14. The van der Waals surface area contributed by atoms with Crippen LogP contribution in [0.15, 0.2) is 12.2 Å². The van der Waals surface area contributed by atoms with Crippen molar-refractivity contribution in [3.05, 3.63) is 12.2 Å². The first-order chi connectivity index (χ1) is 6.68. The van der Waals surface area contributed by atoms with Crippen molar-refractivity contribution in [2.24, 2.45) is 0 Å². The van der Waals surface area contributed by atoms with Crippen LogP contribution >= 0.6 is 16.1 Å². The van der Waals surface area contributed by atoms with Crippen molar-refractivity contribution in [2.45, 2.75) is 13.8 Å². The van der Waals surface area contributed by atoms with Gasteiger partial charge >= 0.3 is 7.60 Å². The lowest BCUT2D eigenvalue weighted by Crippen LogP contribution is -1.98. The summed E-state index contributed by atoms with van der Waals surface area (Å²) in [5.74, 6) is 0. The smallest absolute Gasteiger partial charge is 0.309 e. The molecule has 0 bridgehead atoms. The van der Waals surface area contributed by atoms with Crippen LogP contribution in [-0.2, 0) is 18.2 Å². The lowest BCUT2D eigenvalue weighted by atomic mass is 10.6. The maximum atomic E-state index is 11.8. The van der Waals surface area contributed by atoms with Crippen LogP contribution < -0.4 is 0 Å². The topological polar surface area (TPSA) is 52.6 Å². The molecule has 0 amide bonds. The highest BCUT2D eigenvalue weighted by molar-refractivity contribution is 7.54. The fourth-order valence-corrected chi connectivity index (χ4v) is 2.57. The van der Waals surface area contributed by atoms with Gasteiger partial charge in [-0.05, 0) is 13.8 Å². The summed E-state index contributed by atoms with van der Waals surface area (Å²) >= 11 is 0. The minimum Gasteiger partial charge on any atom is -0.309 e. The van der Waals surface area contributed by atoms with Crippen molar-refractivity contribution >= 4 is 16.1 Å². The van der Waals surface area contributed by atoms with Crippen molar-refractivity contribution < 1.29 is 18.2 Å². The van der Waals surface area contributed by atoms with Crippen LogP contribution in [0, 0.1) is 0 Å². The molecule has 4 nitrogen and oxygen atoms in total. The molecule has 14 heavy (non-hydrogen) atoms. The standard InChI is InChI=1S/C8H16O4P2/c1-3-11-14(10,12-4-2)8-6-5-7-13-9/h5-6H,3-4,7-8H2,1-2H3/b6-5-. The van der Waals surface area contributed by atoms with Crippen LogP contribution in [-0.4, -0.2) is 25.5 Å². The van der Waals surface area contributed by atoms with Gasteiger partial charge in [-0.1, -0.05) is 12.2 Å². The molecule has 82 valence electrons. The lowest BCUT2D eigenvalue weighted by molar-refractivity contribution is 0.222. The van der Waals surface area contributed by atoms with Gasteiger partial charge in [-0.15, -0.1) is 0 Å². The quantitative estimate of drug-likeness (QED) is 0.481. The summed E-state index contributed by atoms with van der Waals surface area (Å²) in [7, 11) is -2.89. The molecule has 0 aliphatic heterocycles. The molecule has 0 rings (SSSR count). The molecule has 0 unspecified atom stereocenters. The van der Waals surface area contributed by atoms with Crippen LogP contribution in [0.5, 0.6) is 0 Å². The second kappa shape index (κ2) is 8.31. The number of hydrogen-bond donors (Lipinski definition) is 0. The van der Waals surface area contributed by atoms with Crippen molar-refractivity contribution in [3.8, 4) is 0 Å². The average molecular weight is 238 g/mol. The van der Waals surface area contributed by atoms with E-state index in [1.165, 1.54) is 0 Å². The fraction of sp³-hybridized carbons (Fsp3) is 0.750. The third-order valence-electron chi connectivity index (χ3n) is 1.33. The molecule has 0 N–H and O–H groups in total. The van der Waals surface area contributed by atoms with E-state index in [0.29, 0.717) is 19.4 Å². The van der Waals surface area contributed by atoms with E-state index in [9.17, 15) is 9.13 Å². The van der Waals surface area contributed by atoms with Gasteiger partial charge in [-0.2, -0.15) is 0 Å². The average Bonchev–Trinajstić information content (AvgIpc) is 2.13. The van der Waals surface area contributed by atoms with E-state index in [0.717, 1.165) is 0 Å². The molecule has 0 fully saturated rings. The van der Waals surface area contributed by atoms with Gasteiger partial charge in [0, 0.05) is 6.16 Å². The summed E-state index contributed by atoms with van der Waals surface area (Å²) in [6.07, 6.45) is 4.04. The number of hydrogen-bond acceptors (Lipinski definition) is 4. The molecule has 0 atom stereocenters. The molecule has 0 saturated heterocycles. The third-order valence-corrected chi connectivity index (χ3v) is 3.65. The van der Waals surface area contributed by atoms with E-state index in [1.807, 2.05) is 0 Å². The second-order valence-electron chi connectivity index (χ2n) is 2.41. The first-order valence-electron chi connectivity index (χ1n) is 4.50. The molecule has 0 aromatic heterocycles. The molecule has 0 aliphatic rings. The van der Waals surface area contributed by atoms with E-state index in [2.05, 4.69) is 0 Å². The predicted octanol–water partition coefficient (Wildman–Crippen LogP) is 3.10. The Labute approximate surface area is 86.4 Å². The Kier molecular flexibility index (Phi) is 8.30.